The molecule has 0 fully saturated rings. The second kappa shape index (κ2) is 3.81. The average molecular weight is 245 g/mol. The van der Waals surface area contributed by atoms with E-state index in [1.807, 2.05) is 0 Å². The third kappa shape index (κ3) is 2.54. The van der Waals surface area contributed by atoms with E-state index in [9.17, 15) is 26.3 Å². The predicted molar refractivity (Wildman–Crippen MR) is 42.1 cm³/mol. The highest BCUT2D eigenvalue weighted by Crippen LogP contribution is 2.40. The molecule has 0 atom stereocenters. The smallest absolute Gasteiger partial charge is 0.308 e. The van der Waals surface area contributed by atoms with E-state index in [0.717, 1.165) is 0 Å². The van der Waals surface area contributed by atoms with Crippen molar-refractivity contribution in [3.8, 4) is 0 Å². The lowest BCUT2D eigenvalue weighted by atomic mass is 10.1. The number of hydrogen-bond donors (Lipinski definition) is 2. The molecule has 0 bridgehead atoms. The van der Waals surface area contributed by atoms with Gasteiger partial charge >= 0.3 is 12.4 Å². The number of halogens is 6. The van der Waals surface area contributed by atoms with Crippen molar-refractivity contribution in [2.24, 2.45) is 5.84 Å². The number of nitrogen functional groups attached to an aromatic ring is 1. The molecule has 0 aliphatic carbocycles. The Kier molecular flexibility index (Phi) is 2.99. The number of hydrogen-bond acceptors (Lipinski definition) is 3. The summed E-state index contributed by atoms with van der Waals surface area (Å²) in [5, 5.41) is 0. The van der Waals surface area contributed by atoms with Crippen molar-refractivity contribution in [1.82, 2.24) is 4.98 Å². The van der Waals surface area contributed by atoms with Crippen molar-refractivity contribution in [2.45, 2.75) is 12.4 Å². The highest BCUT2D eigenvalue weighted by atomic mass is 19.4. The molecule has 3 nitrogen and oxygen atoms in total. The van der Waals surface area contributed by atoms with E-state index < -0.39 is 29.3 Å². The zero-order valence-corrected chi connectivity index (χ0v) is 7.45. The molecular formula is C7H5F6N3. The minimum absolute atomic E-state index is 0.0814. The van der Waals surface area contributed by atoms with Gasteiger partial charge in [-0.2, -0.15) is 26.3 Å². The molecule has 1 rings (SSSR count). The van der Waals surface area contributed by atoms with Crippen molar-refractivity contribution < 1.29 is 26.3 Å². The fourth-order valence-corrected chi connectivity index (χ4v) is 0.995. The van der Waals surface area contributed by atoms with Gasteiger partial charge in [-0.05, 0) is 6.07 Å². The summed E-state index contributed by atoms with van der Waals surface area (Å²) in [4.78, 5) is 3.08. The fourth-order valence-electron chi connectivity index (χ4n) is 0.995. The molecular weight excluding hydrogens is 240 g/mol. The maximum absolute atomic E-state index is 12.3. The number of nitrogens with one attached hydrogen (secondary N) is 1. The first kappa shape index (κ1) is 12.6. The van der Waals surface area contributed by atoms with Crippen LogP contribution in [0.25, 0.3) is 0 Å². The van der Waals surface area contributed by atoms with E-state index in [4.69, 9.17) is 5.84 Å². The van der Waals surface area contributed by atoms with Gasteiger partial charge in [-0.3, -0.25) is 0 Å². The largest absolute Gasteiger partial charge is 0.418 e. The minimum Gasteiger partial charge on any atom is -0.308 e. The van der Waals surface area contributed by atoms with Crippen molar-refractivity contribution in [3.05, 3.63) is 23.4 Å². The number of nitrogens with zero attached hydrogens (tertiary/aromatic N) is 1. The Bertz CT molecular complexity index is 383. The molecule has 0 radical (unpaired) electrons. The minimum atomic E-state index is -5.13. The lowest BCUT2D eigenvalue weighted by Gasteiger charge is -2.15. The summed E-state index contributed by atoms with van der Waals surface area (Å²) in [5.74, 6) is 4.26. The standard InChI is InChI=1S/C7H5F6N3/c8-6(9,10)3-1-5(16-14)15-2-4(3)7(11,12)13/h1-2H,14H2,(H,15,16). The highest BCUT2D eigenvalue weighted by Gasteiger charge is 2.43. The number of aromatic nitrogens is 1. The van der Waals surface area contributed by atoms with Gasteiger partial charge in [0.15, 0.2) is 0 Å². The molecule has 16 heavy (non-hydrogen) atoms. The Morgan fingerprint density at radius 1 is 1.00 bits per heavy atom. The molecule has 0 aliphatic rings. The van der Waals surface area contributed by atoms with Crippen molar-refractivity contribution in [2.75, 3.05) is 5.43 Å². The van der Waals surface area contributed by atoms with Gasteiger partial charge < -0.3 is 5.43 Å². The first-order chi connectivity index (χ1) is 7.16. The summed E-state index contributed by atoms with van der Waals surface area (Å²) < 4.78 is 73.6. The van der Waals surface area contributed by atoms with Gasteiger partial charge in [0, 0.05) is 6.20 Å². The predicted octanol–water partition coefficient (Wildman–Crippen LogP) is 2.40. The van der Waals surface area contributed by atoms with Crippen LogP contribution in [0.5, 0.6) is 0 Å². The van der Waals surface area contributed by atoms with Crippen LogP contribution in [-0.2, 0) is 12.4 Å². The fraction of sp³-hybridized carbons (Fsp3) is 0.286. The number of nitrogens with two attached hydrogens (primary N) is 1. The van der Waals surface area contributed by atoms with E-state index in [1.165, 1.54) is 0 Å². The van der Waals surface area contributed by atoms with Crippen LogP contribution in [0.4, 0.5) is 32.2 Å². The molecule has 0 saturated carbocycles. The summed E-state index contributed by atoms with van der Waals surface area (Å²) in [6, 6.07) is 0.197. The normalized spacial score (nSPS) is 12.7. The van der Waals surface area contributed by atoms with Crippen LogP contribution in [0.1, 0.15) is 11.1 Å². The number of anilines is 1. The lowest BCUT2D eigenvalue weighted by Crippen LogP contribution is -2.19. The SMILES string of the molecule is NNc1cc(C(F)(F)F)c(C(F)(F)F)cn1. The first-order valence-corrected chi connectivity index (χ1v) is 3.77. The van der Waals surface area contributed by atoms with Gasteiger partial charge in [-0.25, -0.2) is 10.8 Å². The van der Waals surface area contributed by atoms with Crippen LogP contribution in [0.2, 0.25) is 0 Å². The van der Waals surface area contributed by atoms with Crippen molar-refractivity contribution >= 4 is 5.82 Å². The number of rotatable bonds is 1. The van der Waals surface area contributed by atoms with Crippen LogP contribution in [0.3, 0.4) is 0 Å². The number of alkyl halides is 6. The molecule has 0 spiro atoms. The Hall–Kier alpha value is -1.51. The van der Waals surface area contributed by atoms with Crippen molar-refractivity contribution in [3.63, 3.8) is 0 Å². The zero-order chi connectivity index (χ0) is 12.6. The van der Waals surface area contributed by atoms with Crippen LogP contribution in [-0.4, -0.2) is 4.98 Å². The Labute approximate surface area is 85.2 Å². The third-order valence-electron chi connectivity index (χ3n) is 1.66. The van der Waals surface area contributed by atoms with Gasteiger partial charge in [0.1, 0.15) is 5.82 Å². The Morgan fingerprint density at radius 3 is 1.88 bits per heavy atom. The van der Waals surface area contributed by atoms with Gasteiger partial charge in [-0.1, -0.05) is 0 Å². The summed E-state index contributed by atoms with van der Waals surface area (Å²) in [7, 11) is 0. The highest BCUT2D eigenvalue weighted by molar-refractivity contribution is 5.42. The quantitative estimate of drug-likeness (QED) is 0.453. The van der Waals surface area contributed by atoms with Crippen LogP contribution < -0.4 is 11.3 Å². The molecule has 0 aliphatic heterocycles. The molecule has 0 amide bonds. The topological polar surface area (TPSA) is 50.9 Å². The van der Waals surface area contributed by atoms with Crippen molar-refractivity contribution in [1.29, 1.82) is 0 Å². The van der Waals surface area contributed by atoms with Crippen LogP contribution in [0.15, 0.2) is 12.3 Å². The molecule has 1 heterocycles. The third-order valence-corrected chi connectivity index (χ3v) is 1.66. The van der Waals surface area contributed by atoms with Gasteiger partial charge in [0.05, 0.1) is 11.1 Å². The van der Waals surface area contributed by atoms with Crippen LogP contribution in [0, 0.1) is 0 Å². The summed E-state index contributed by atoms with van der Waals surface area (Å²) >= 11 is 0. The second-order valence-electron chi connectivity index (χ2n) is 2.75. The molecule has 0 aromatic carbocycles. The number of hydrazine groups is 1. The maximum Gasteiger partial charge on any atom is 0.418 e. The van der Waals surface area contributed by atoms with Crippen LogP contribution >= 0.6 is 0 Å². The van der Waals surface area contributed by atoms with E-state index in [2.05, 4.69) is 4.98 Å². The Morgan fingerprint density at radius 2 is 1.50 bits per heavy atom. The van der Waals surface area contributed by atoms with E-state index in [0.29, 0.717) is 0 Å². The maximum atomic E-state index is 12.3. The molecule has 0 unspecified atom stereocenters. The first-order valence-electron chi connectivity index (χ1n) is 3.77. The average Bonchev–Trinajstić information content (AvgIpc) is 2.14. The van der Waals surface area contributed by atoms with Gasteiger partial charge in [0.25, 0.3) is 0 Å². The summed E-state index contributed by atoms with van der Waals surface area (Å²) in [6.07, 6.45) is -10.2. The van der Waals surface area contributed by atoms with E-state index in [1.54, 1.807) is 5.43 Å². The molecule has 1 aromatic heterocycles. The lowest BCUT2D eigenvalue weighted by molar-refractivity contribution is -0.162. The molecule has 90 valence electrons. The number of pyridine rings is 1. The zero-order valence-electron chi connectivity index (χ0n) is 7.45. The molecule has 9 heteroatoms. The second-order valence-corrected chi connectivity index (χ2v) is 2.75. The van der Waals surface area contributed by atoms with E-state index in [-0.39, 0.29) is 12.3 Å². The Balaban J connectivity index is 3.40. The molecule has 3 N–H and O–H groups in total. The van der Waals surface area contributed by atoms with E-state index >= 15 is 0 Å². The monoisotopic (exact) mass is 245 g/mol. The molecule has 1 aromatic rings. The summed E-state index contributed by atoms with van der Waals surface area (Å²) in [6.45, 7) is 0. The molecule has 0 saturated heterocycles. The summed E-state index contributed by atoms with van der Waals surface area (Å²) in [5.41, 5.74) is -1.94. The van der Waals surface area contributed by atoms with Gasteiger partial charge in [0.2, 0.25) is 0 Å². The van der Waals surface area contributed by atoms with Gasteiger partial charge in [-0.15, -0.1) is 0 Å².